The summed E-state index contributed by atoms with van der Waals surface area (Å²) in [4.78, 5) is 0. The Morgan fingerprint density at radius 2 is 1.95 bits per heavy atom. The minimum atomic E-state index is 0.595. The molecular formula is C12H13Cl2N3OS. The zero-order valence-electron chi connectivity index (χ0n) is 10.3. The van der Waals surface area contributed by atoms with E-state index in [1.807, 2.05) is 12.1 Å². The van der Waals surface area contributed by atoms with E-state index in [4.69, 9.17) is 27.9 Å². The van der Waals surface area contributed by atoms with E-state index in [0.717, 1.165) is 22.1 Å². The quantitative estimate of drug-likeness (QED) is 0.831. The molecule has 2 aromatic rings. The largest absolute Gasteiger partial charge is 0.383 e. The van der Waals surface area contributed by atoms with Gasteiger partial charge in [0.25, 0.3) is 0 Å². The van der Waals surface area contributed by atoms with Crippen LogP contribution in [0.3, 0.4) is 0 Å². The van der Waals surface area contributed by atoms with Crippen molar-refractivity contribution < 1.29 is 4.74 Å². The third kappa shape index (κ3) is 4.40. The average Bonchev–Trinajstić information content (AvgIpc) is 2.82. The number of ether oxygens (including phenoxy) is 1. The number of hydrogen-bond donors (Lipinski definition) is 1. The summed E-state index contributed by atoms with van der Waals surface area (Å²) in [6.07, 6.45) is 0. The number of nitrogens with zero attached hydrogens (tertiary/aromatic N) is 2. The fourth-order valence-corrected chi connectivity index (χ4v) is 2.81. The van der Waals surface area contributed by atoms with Crippen LogP contribution in [0.2, 0.25) is 10.0 Å². The number of aromatic nitrogens is 2. The zero-order valence-corrected chi connectivity index (χ0v) is 12.6. The van der Waals surface area contributed by atoms with Crippen molar-refractivity contribution in [2.75, 3.05) is 20.3 Å². The van der Waals surface area contributed by atoms with Crippen molar-refractivity contribution in [3.8, 4) is 10.6 Å². The molecule has 0 fully saturated rings. The lowest BCUT2D eigenvalue weighted by molar-refractivity contribution is 0.199. The van der Waals surface area contributed by atoms with E-state index in [9.17, 15) is 0 Å². The summed E-state index contributed by atoms with van der Waals surface area (Å²) in [5, 5.41) is 14.4. The van der Waals surface area contributed by atoms with Crippen LogP contribution in [0.4, 0.5) is 0 Å². The molecule has 0 bridgehead atoms. The van der Waals surface area contributed by atoms with Crippen molar-refractivity contribution in [1.29, 1.82) is 0 Å². The monoisotopic (exact) mass is 317 g/mol. The SMILES string of the molecule is COCCNCc1nnc(-c2cc(Cl)cc(Cl)c2)s1. The van der Waals surface area contributed by atoms with Gasteiger partial charge in [-0.25, -0.2) is 0 Å². The van der Waals surface area contributed by atoms with E-state index in [1.54, 1.807) is 13.2 Å². The number of halogens is 2. The van der Waals surface area contributed by atoms with E-state index in [-0.39, 0.29) is 0 Å². The van der Waals surface area contributed by atoms with Gasteiger partial charge in [0.15, 0.2) is 0 Å². The van der Waals surface area contributed by atoms with Gasteiger partial charge < -0.3 is 10.1 Å². The molecule has 2 rings (SSSR count). The van der Waals surface area contributed by atoms with Gasteiger partial charge in [-0.3, -0.25) is 0 Å². The number of benzene rings is 1. The first-order valence-corrected chi connectivity index (χ1v) is 7.25. The molecule has 7 heteroatoms. The Labute approximate surface area is 125 Å². The van der Waals surface area contributed by atoms with Crippen LogP contribution in [-0.2, 0) is 11.3 Å². The molecule has 19 heavy (non-hydrogen) atoms. The first kappa shape index (κ1) is 14.7. The predicted molar refractivity (Wildman–Crippen MR) is 78.9 cm³/mol. The molecule has 0 saturated heterocycles. The maximum absolute atomic E-state index is 5.97. The molecule has 0 unspecified atom stereocenters. The van der Waals surface area contributed by atoms with Crippen LogP contribution in [-0.4, -0.2) is 30.5 Å². The van der Waals surface area contributed by atoms with Gasteiger partial charge in [0.2, 0.25) is 0 Å². The van der Waals surface area contributed by atoms with Crippen LogP contribution >= 0.6 is 34.5 Å². The Morgan fingerprint density at radius 3 is 2.63 bits per heavy atom. The van der Waals surface area contributed by atoms with Crippen molar-refractivity contribution in [2.24, 2.45) is 0 Å². The van der Waals surface area contributed by atoms with E-state index in [0.29, 0.717) is 23.2 Å². The van der Waals surface area contributed by atoms with Gasteiger partial charge in [0, 0.05) is 35.8 Å². The minimum absolute atomic E-state index is 0.595. The van der Waals surface area contributed by atoms with Crippen molar-refractivity contribution >= 4 is 34.5 Å². The van der Waals surface area contributed by atoms with Crippen LogP contribution in [0, 0.1) is 0 Å². The number of rotatable bonds is 6. The summed E-state index contributed by atoms with van der Waals surface area (Å²) >= 11 is 13.5. The highest BCUT2D eigenvalue weighted by atomic mass is 35.5. The third-order valence-corrected chi connectivity index (χ3v) is 3.74. The fourth-order valence-electron chi connectivity index (χ4n) is 1.49. The Balaban J connectivity index is 2.03. The molecule has 4 nitrogen and oxygen atoms in total. The smallest absolute Gasteiger partial charge is 0.147 e. The summed E-state index contributed by atoms with van der Waals surface area (Å²) in [6.45, 7) is 2.14. The predicted octanol–water partition coefficient (Wildman–Crippen LogP) is 3.25. The van der Waals surface area contributed by atoms with Gasteiger partial charge in [0.05, 0.1) is 6.61 Å². The summed E-state index contributed by atoms with van der Waals surface area (Å²) in [5.74, 6) is 0. The molecule has 0 aliphatic rings. The van der Waals surface area contributed by atoms with Gasteiger partial charge >= 0.3 is 0 Å². The highest BCUT2D eigenvalue weighted by Gasteiger charge is 2.08. The van der Waals surface area contributed by atoms with E-state index in [1.165, 1.54) is 11.3 Å². The first-order valence-electron chi connectivity index (χ1n) is 5.67. The second kappa shape index (κ2) is 7.17. The molecule has 0 aliphatic carbocycles. The van der Waals surface area contributed by atoms with E-state index >= 15 is 0 Å². The van der Waals surface area contributed by atoms with Crippen LogP contribution < -0.4 is 5.32 Å². The Kier molecular flexibility index (Phi) is 5.54. The molecule has 0 amide bonds. The van der Waals surface area contributed by atoms with Crippen molar-refractivity contribution in [3.05, 3.63) is 33.3 Å². The molecule has 1 heterocycles. The lowest BCUT2D eigenvalue weighted by Crippen LogP contribution is -2.18. The van der Waals surface area contributed by atoms with Gasteiger partial charge in [-0.05, 0) is 18.2 Å². The highest BCUT2D eigenvalue weighted by molar-refractivity contribution is 7.14. The standard InChI is InChI=1S/C12H13Cl2N3OS/c1-18-3-2-15-7-11-16-17-12(19-11)8-4-9(13)6-10(14)5-8/h4-6,15H,2-3,7H2,1H3. The average molecular weight is 318 g/mol. The van der Waals surface area contributed by atoms with E-state index in [2.05, 4.69) is 15.5 Å². The summed E-state index contributed by atoms with van der Waals surface area (Å²) in [5.41, 5.74) is 0.887. The molecule has 1 aromatic carbocycles. The molecule has 0 aliphatic heterocycles. The second-order valence-corrected chi connectivity index (χ2v) is 5.76. The maximum Gasteiger partial charge on any atom is 0.147 e. The normalized spacial score (nSPS) is 10.9. The maximum atomic E-state index is 5.97. The highest BCUT2D eigenvalue weighted by Crippen LogP contribution is 2.29. The number of nitrogens with one attached hydrogen (secondary N) is 1. The molecule has 0 radical (unpaired) electrons. The fraction of sp³-hybridized carbons (Fsp3) is 0.333. The molecular weight excluding hydrogens is 305 g/mol. The lowest BCUT2D eigenvalue weighted by Gasteiger charge is -1.99. The molecule has 1 N–H and O–H groups in total. The Hall–Kier alpha value is -0.720. The molecule has 1 aromatic heterocycles. The van der Waals surface area contributed by atoms with Crippen LogP contribution in [0.1, 0.15) is 5.01 Å². The molecule has 0 spiro atoms. The van der Waals surface area contributed by atoms with Gasteiger partial charge in [-0.1, -0.05) is 34.5 Å². The Bertz CT molecular complexity index is 527. The first-order chi connectivity index (χ1) is 9.19. The third-order valence-electron chi connectivity index (χ3n) is 2.34. The molecule has 102 valence electrons. The number of hydrogen-bond acceptors (Lipinski definition) is 5. The lowest BCUT2D eigenvalue weighted by atomic mass is 10.2. The van der Waals surface area contributed by atoms with Gasteiger partial charge in [-0.2, -0.15) is 0 Å². The molecule has 0 atom stereocenters. The van der Waals surface area contributed by atoms with Gasteiger partial charge in [0.1, 0.15) is 10.0 Å². The van der Waals surface area contributed by atoms with Gasteiger partial charge in [-0.15, -0.1) is 10.2 Å². The van der Waals surface area contributed by atoms with Crippen molar-refractivity contribution in [1.82, 2.24) is 15.5 Å². The topological polar surface area (TPSA) is 47.0 Å². The Morgan fingerprint density at radius 1 is 1.21 bits per heavy atom. The minimum Gasteiger partial charge on any atom is -0.383 e. The molecule has 0 saturated carbocycles. The number of methoxy groups -OCH3 is 1. The van der Waals surface area contributed by atoms with Crippen LogP contribution in [0.5, 0.6) is 0 Å². The van der Waals surface area contributed by atoms with Crippen molar-refractivity contribution in [3.63, 3.8) is 0 Å². The van der Waals surface area contributed by atoms with Crippen LogP contribution in [0.25, 0.3) is 10.6 Å². The second-order valence-electron chi connectivity index (χ2n) is 3.83. The van der Waals surface area contributed by atoms with Crippen molar-refractivity contribution in [2.45, 2.75) is 6.54 Å². The summed E-state index contributed by atoms with van der Waals surface area (Å²) in [6, 6.07) is 5.35. The summed E-state index contributed by atoms with van der Waals surface area (Å²) < 4.78 is 4.96. The van der Waals surface area contributed by atoms with Crippen LogP contribution in [0.15, 0.2) is 18.2 Å². The zero-order chi connectivity index (χ0) is 13.7. The summed E-state index contributed by atoms with van der Waals surface area (Å²) in [7, 11) is 1.67. The van der Waals surface area contributed by atoms with E-state index < -0.39 is 0 Å².